The lowest BCUT2D eigenvalue weighted by molar-refractivity contribution is -0.137. The van der Waals surface area contributed by atoms with Crippen LogP contribution < -0.4 is 4.90 Å². The summed E-state index contributed by atoms with van der Waals surface area (Å²) in [5.41, 5.74) is 2.18. The zero-order chi connectivity index (χ0) is 24.0. The number of imide groups is 1. The van der Waals surface area contributed by atoms with Gasteiger partial charge >= 0.3 is 6.18 Å². The Morgan fingerprint density at radius 1 is 0.912 bits per heavy atom. The van der Waals surface area contributed by atoms with E-state index in [1.807, 2.05) is 55.5 Å². The minimum atomic E-state index is -4.71. The van der Waals surface area contributed by atoms with Gasteiger partial charge in [-0.3, -0.25) is 9.59 Å². The van der Waals surface area contributed by atoms with Crippen LogP contribution in [0.5, 0.6) is 0 Å². The normalized spacial score (nSPS) is 27.0. The van der Waals surface area contributed by atoms with Crippen LogP contribution in [0.25, 0.3) is 0 Å². The molecular weight excluding hydrogens is 463 g/mol. The topological polar surface area (TPSA) is 37.4 Å². The number of hydrogen-bond donors (Lipinski definition) is 0. The third kappa shape index (κ3) is 2.49. The standard InChI is InChI=1S/C27H19ClF3NO2/c1-2-26-17-9-5-3-7-15(17)21(16-8-4-6-10-18(16)26)22-23(26)25(34)32(24(22)33)14-11-12-20(28)19(13-14)27(29,30)31/h3-13,21-23H,2H2,1H3/t21?,22-,23-,26?/m0/s1. The molecule has 7 heteroatoms. The van der Waals surface area contributed by atoms with Crippen LogP contribution in [-0.2, 0) is 21.2 Å². The molecule has 0 aromatic heterocycles. The summed E-state index contributed by atoms with van der Waals surface area (Å²) in [6.45, 7) is 2.00. The summed E-state index contributed by atoms with van der Waals surface area (Å²) in [5.74, 6) is -2.62. The molecule has 2 atom stereocenters. The Kier molecular flexibility index (Phi) is 4.38. The molecule has 1 fully saturated rings. The second-order valence-electron chi connectivity index (χ2n) is 9.15. The van der Waals surface area contributed by atoms with Gasteiger partial charge in [0.25, 0.3) is 0 Å². The van der Waals surface area contributed by atoms with Gasteiger partial charge in [0, 0.05) is 11.3 Å². The molecule has 34 heavy (non-hydrogen) atoms. The number of halogens is 4. The fourth-order valence-corrected chi connectivity index (χ4v) is 6.88. The third-order valence-corrected chi connectivity index (χ3v) is 8.19. The summed E-state index contributed by atoms with van der Waals surface area (Å²) in [6, 6.07) is 19.0. The van der Waals surface area contributed by atoms with Crippen molar-refractivity contribution in [2.75, 3.05) is 4.90 Å². The van der Waals surface area contributed by atoms with Gasteiger partial charge in [0.2, 0.25) is 11.8 Å². The van der Waals surface area contributed by atoms with E-state index in [0.717, 1.165) is 39.3 Å². The Labute approximate surface area is 199 Å². The summed E-state index contributed by atoms with van der Waals surface area (Å²) in [5, 5.41) is -0.474. The van der Waals surface area contributed by atoms with Crippen molar-refractivity contribution in [3.63, 3.8) is 0 Å². The van der Waals surface area contributed by atoms with E-state index in [1.165, 1.54) is 6.07 Å². The molecule has 4 aliphatic rings. The summed E-state index contributed by atoms with van der Waals surface area (Å²) in [4.78, 5) is 28.8. The average molecular weight is 482 g/mol. The predicted molar refractivity (Wildman–Crippen MR) is 122 cm³/mol. The van der Waals surface area contributed by atoms with E-state index in [-0.39, 0.29) is 11.6 Å². The lowest BCUT2D eigenvalue weighted by Crippen LogP contribution is -2.53. The number of carbonyl (C=O) groups is 2. The number of benzene rings is 3. The van der Waals surface area contributed by atoms with E-state index in [0.29, 0.717) is 6.42 Å². The Bertz CT molecular complexity index is 1330. The number of carbonyl (C=O) groups excluding carboxylic acids is 2. The fourth-order valence-electron chi connectivity index (χ4n) is 6.65. The summed E-state index contributed by atoms with van der Waals surface area (Å²) in [6.07, 6.45) is -4.13. The lowest BCUT2D eigenvalue weighted by Gasteiger charge is -2.54. The number of rotatable bonds is 2. The summed E-state index contributed by atoms with van der Waals surface area (Å²) < 4.78 is 40.6. The van der Waals surface area contributed by atoms with Crippen molar-refractivity contribution in [1.29, 1.82) is 0 Å². The monoisotopic (exact) mass is 481 g/mol. The van der Waals surface area contributed by atoms with Crippen LogP contribution in [0.2, 0.25) is 5.02 Å². The predicted octanol–water partition coefficient (Wildman–Crippen LogP) is 6.32. The summed E-state index contributed by atoms with van der Waals surface area (Å²) >= 11 is 5.80. The zero-order valence-corrected chi connectivity index (χ0v) is 18.8. The van der Waals surface area contributed by atoms with Crippen LogP contribution in [0, 0.1) is 11.8 Å². The highest BCUT2D eigenvalue weighted by Gasteiger charge is 2.67. The molecule has 3 aromatic rings. The molecule has 0 radical (unpaired) electrons. The highest BCUT2D eigenvalue weighted by atomic mass is 35.5. The van der Waals surface area contributed by atoms with Gasteiger partial charge in [-0.05, 0) is 46.9 Å². The van der Waals surface area contributed by atoms with E-state index in [1.54, 1.807) is 0 Å². The van der Waals surface area contributed by atoms with Crippen molar-refractivity contribution in [2.45, 2.75) is 30.9 Å². The third-order valence-electron chi connectivity index (χ3n) is 7.87. The van der Waals surface area contributed by atoms with Crippen LogP contribution in [0.1, 0.15) is 47.1 Å². The lowest BCUT2D eigenvalue weighted by atomic mass is 9.46. The van der Waals surface area contributed by atoms with E-state index in [2.05, 4.69) is 0 Å². The van der Waals surface area contributed by atoms with E-state index in [4.69, 9.17) is 11.6 Å². The smallest absolute Gasteiger partial charge is 0.274 e. The quantitative estimate of drug-likeness (QED) is 0.402. The molecule has 3 aliphatic carbocycles. The molecule has 1 heterocycles. The van der Waals surface area contributed by atoms with Gasteiger partial charge in [0.15, 0.2) is 0 Å². The Hall–Kier alpha value is -3.12. The average Bonchev–Trinajstić information content (AvgIpc) is 3.09. The van der Waals surface area contributed by atoms with E-state index >= 15 is 0 Å². The molecule has 1 aliphatic heterocycles. The number of amides is 2. The van der Waals surface area contributed by atoms with Gasteiger partial charge in [-0.1, -0.05) is 67.1 Å². The summed E-state index contributed by atoms with van der Waals surface area (Å²) in [7, 11) is 0. The van der Waals surface area contributed by atoms with Crippen molar-refractivity contribution in [2.24, 2.45) is 11.8 Å². The number of alkyl halides is 3. The molecule has 172 valence electrons. The fraction of sp³-hybridized carbons (Fsp3) is 0.259. The molecule has 0 unspecified atom stereocenters. The molecule has 0 spiro atoms. The Morgan fingerprint density at radius 3 is 2.06 bits per heavy atom. The van der Waals surface area contributed by atoms with Crippen molar-refractivity contribution in [3.8, 4) is 0 Å². The largest absolute Gasteiger partial charge is 0.417 e. The van der Waals surface area contributed by atoms with Gasteiger partial charge in [-0.25, -0.2) is 4.90 Å². The van der Waals surface area contributed by atoms with Crippen LogP contribution >= 0.6 is 11.6 Å². The SMILES string of the molecule is CCC12c3ccccc3C(c3ccccc31)[C@@H]1C(=O)N(c3ccc(Cl)c(C(F)(F)F)c3)C(=O)[C@H]12. The molecule has 0 N–H and O–H groups in total. The molecule has 1 saturated heterocycles. The molecular formula is C27H19ClF3NO2. The minimum absolute atomic E-state index is 0.0973. The zero-order valence-electron chi connectivity index (χ0n) is 18.1. The second kappa shape index (κ2) is 6.95. The maximum Gasteiger partial charge on any atom is 0.417 e. The number of nitrogens with zero attached hydrogens (tertiary/aromatic N) is 1. The van der Waals surface area contributed by atoms with Crippen LogP contribution in [0.3, 0.4) is 0 Å². The highest BCUT2D eigenvalue weighted by molar-refractivity contribution is 6.31. The number of anilines is 1. The van der Waals surface area contributed by atoms with Crippen LogP contribution in [-0.4, -0.2) is 11.8 Å². The first kappa shape index (κ1) is 21.4. The van der Waals surface area contributed by atoms with Crippen molar-refractivity contribution < 1.29 is 22.8 Å². The van der Waals surface area contributed by atoms with Crippen LogP contribution in [0.15, 0.2) is 66.7 Å². The van der Waals surface area contributed by atoms with E-state index < -0.39 is 45.8 Å². The van der Waals surface area contributed by atoms with Crippen molar-refractivity contribution in [3.05, 3.63) is 99.6 Å². The van der Waals surface area contributed by atoms with Gasteiger partial charge < -0.3 is 0 Å². The molecule has 2 bridgehead atoms. The van der Waals surface area contributed by atoms with Gasteiger partial charge in [-0.2, -0.15) is 13.2 Å². The first-order valence-corrected chi connectivity index (χ1v) is 11.5. The first-order chi connectivity index (χ1) is 16.2. The van der Waals surface area contributed by atoms with Crippen molar-refractivity contribution in [1.82, 2.24) is 0 Å². The number of hydrogen-bond acceptors (Lipinski definition) is 2. The first-order valence-electron chi connectivity index (χ1n) is 11.1. The van der Waals surface area contributed by atoms with Crippen molar-refractivity contribution >= 4 is 29.1 Å². The molecule has 2 amide bonds. The van der Waals surface area contributed by atoms with Gasteiger partial charge in [0.05, 0.1) is 28.1 Å². The molecule has 7 rings (SSSR count). The molecule has 0 saturated carbocycles. The van der Waals surface area contributed by atoms with E-state index in [9.17, 15) is 22.8 Å². The molecule has 3 aromatic carbocycles. The maximum absolute atomic E-state index is 14.0. The Balaban J connectivity index is 1.58. The maximum atomic E-state index is 14.0. The molecule has 3 nitrogen and oxygen atoms in total. The minimum Gasteiger partial charge on any atom is -0.274 e. The highest BCUT2D eigenvalue weighted by Crippen LogP contribution is 2.65. The Morgan fingerprint density at radius 2 is 1.50 bits per heavy atom. The van der Waals surface area contributed by atoms with Gasteiger partial charge in [0.1, 0.15) is 0 Å². The van der Waals surface area contributed by atoms with Crippen LogP contribution in [0.4, 0.5) is 18.9 Å². The second-order valence-corrected chi connectivity index (χ2v) is 9.56. The van der Waals surface area contributed by atoms with Gasteiger partial charge in [-0.15, -0.1) is 0 Å².